The highest BCUT2D eigenvalue weighted by Crippen LogP contribution is 1.08. The molecule has 0 atom stereocenters. The van der Waals surface area contributed by atoms with E-state index in [4.69, 9.17) is 15.3 Å². The molecule has 1 radical (unpaired) electrons. The number of rotatable bonds is 0. The van der Waals surface area contributed by atoms with Crippen LogP contribution in [0.1, 0.15) is 0 Å². The Morgan fingerprint density at radius 1 is 1.40 bits per heavy atom. The Morgan fingerprint density at radius 3 is 1.40 bits per heavy atom. The van der Waals surface area contributed by atoms with Gasteiger partial charge in [-0.25, -0.2) is 5.26 Å². The summed E-state index contributed by atoms with van der Waals surface area (Å²) in [4.78, 5) is 0. The minimum absolute atomic E-state index is 0. The molecule has 0 amide bonds. The number of nitriles is 1. The van der Waals surface area contributed by atoms with E-state index in [9.17, 15) is 0 Å². The maximum atomic E-state index is 7.00. The van der Waals surface area contributed by atoms with Gasteiger partial charge in [0.15, 0.2) is 0 Å². The summed E-state index contributed by atoms with van der Waals surface area (Å²) in [7, 11) is 0. The van der Waals surface area contributed by atoms with Gasteiger partial charge in [-0.15, -0.1) is 0 Å². The van der Waals surface area contributed by atoms with Gasteiger partial charge < -0.3 is 10.0 Å². The van der Waals surface area contributed by atoms with Gasteiger partial charge >= 0.3 is 7.69 Å². The van der Waals surface area contributed by atoms with Crippen LogP contribution < -0.4 is 0 Å². The molecule has 0 aromatic rings. The molecular formula is CH3BNO2. The second kappa shape index (κ2) is 94.4. The van der Waals surface area contributed by atoms with Crippen molar-refractivity contribution >= 4 is 7.69 Å². The fourth-order valence-electron chi connectivity index (χ4n) is 0. The predicted octanol–water partition coefficient (Wildman–Crippen LogP) is -1.36. The Bertz CT molecular complexity index is 20.9. The van der Waals surface area contributed by atoms with Crippen LogP contribution in [0.4, 0.5) is 0 Å². The van der Waals surface area contributed by atoms with Gasteiger partial charge in [-0.3, -0.25) is 0 Å². The first kappa shape index (κ1) is 8.82. The lowest BCUT2D eigenvalue weighted by Gasteiger charge is -1.46. The van der Waals surface area contributed by atoms with Crippen molar-refractivity contribution in [2.24, 2.45) is 0 Å². The molecular weight excluding hydrogens is 68.8 g/mol. The van der Waals surface area contributed by atoms with E-state index in [0.717, 1.165) is 0 Å². The monoisotopic (exact) mass is 72.0 g/mol. The summed E-state index contributed by atoms with van der Waals surface area (Å²) in [6.07, 6.45) is 0. The van der Waals surface area contributed by atoms with Crippen molar-refractivity contribution in [2.75, 3.05) is 0 Å². The molecule has 0 unspecified atom stereocenters. The highest BCUT2D eigenvalue weighted by Gasteiger charge is 1.51. The summed E-state index contributed by atoms with van der Waals surface area (Å²) in [6.45, 7) is 3.50. The van der Waals surface area contributed by atoms with Crippen molar-refractivity contribution in [1.29, 1.82) is 5.26 Å². The molecule has 0 rings (SSSR count). The summed E-state index contributed by atoms with van der Waals surface area (Å²) >= 11 is 0. The van der Waals surface area contributed by atoms with Crippen LogP contribution in [0.5, 0.6) is 0 Å². The molecule has 4 heteroatoms. The summed E-state index contributed by atoms with van der Waals surface area (Å²) in [5.74, 6) is 0. The van der Waals surface area contributed by atoms with E-state index >= 15 is 0 Å². The number of hydrogen-bond donors (Lipinski definition) is 2. The lowest BCUT2D eigenvalue weighted by Crippen LogP contribution is -1.75. The highest BCUT2D eigenvalue weighted by molar-refractivity contribution is 6.13. The molecule has 0 aromatic heterocycles. The van der Waals surface area contributed by atoms with Crippen LogP contribution in [0.2, 0.25) is 0 Å². The first-order valence-electron chi connectivity index (χ1n) is 0.775. The largest absolute Gasteiger partial charge is 0.482 e. The lowest BCUT2D eigenvalue weighted by atomic mass is 10.5. The smallest absolute Gasteiger partial charge is 0.429 e. The zero-order valence-electron chi connectivity index (χ0n) is 2.50. The topological polar surface area (TPSA) is 64.2 Å². The average molecular weight is 71.9 g/mol. The van der Waals surface area contributed by atoms with Gasteiger partial charge in [0.05, 0.1) is 0 Å². The van der Waals surface area contributed by atoms with Gasteiger partial charge in [-0.05, 0) is 0 Å². The predicted molar refractivity (Wildman–Crippen MR) is 16.9 cm³/mol. The Balaban J connectivity index is 0. The molecule has 5 heavy (non-hydrogen) atoms. The van der Waals surface area contributed by atoms with E-state index in [1.807, 2.05) is 0 Å². The fraction of sp³-hybridized carbons (Fsp3) is 0. The van der Waals surface area contributed by atoms with Crippen molar-refractivity contribution in [3.05, 3.63) is 0 Å². The van der Waals surface area contributed by atoms with E-state index < -0.39 is 0 Å². The van der Waals surface area contributed by atoms with Crippen molar-refractivity contribution < 1.29 is 10.0 Å². The van der Waals surface area contributed by atoms with Gasteiger partial charge in [0.1, 0.15) is 0 Å². The fourth-order valence-corrected chi connectivity index (χ4v) is 0. The first-order valence-corrected chi connectivity index (χ1v) is 0.775. The molecule has 0 fully saturated rings. The molecule has 0 bridgehead atoms. The summed E-state index contributed by atoms with van der Waals surface area (Å²) in [5.41, 5.74) is 0. The third-order valence-electron chi connectivity index (χ3n) is 0. The Kier molecular flexibility index (Phi) is 166. The molecule has 2 N–H and O–H groups in total. The van der Waals surface area contributed by atoms with Crippen LogP contribution in [-0.2, 0) is 0 Å². The summed E-state index contributed by atoms with van der Waals surface area (Å²) in [6, 6.07) is 0. The van der Waals surface area contributed by atoms with Crippen molar-refractivity contribution in [2.45, 2.75) is 0 Å². The van der Waals surface area contributed by atoms with E-state index in [1.54, 1.807) is 0 Å². The standard InChI is InChI=1S/CHN.BH2O2/c1-2;2-1-3/h1H;2-3H. The molecule has 0 heterocycles. The Morgan fingerprint density at radius 2 is 1.40 bits per heavy atom. The first-order chi connectivity index (χ1) is 2.41. The molecule has 0 aliphatic rings. The quantitative estimate of drug-likeness (QED) is 0.347. The zero-order valence-corrected chi connectivity index (χ0v) is 2.50. The molecule has 0 aliphatic heterocycles. The van der Waals surface area contributed by atoms with Crippen molar-refractivity contribution in [3.63, 3.8) is 0 Å². The van der Waals surface area contributed by atoms with Gasteiger partial charge in [-0.1, -0.05) is 0 Å². The summed E-state index contributed by atoms with van der Waals surface area (Å²) < 4.78 is 0. The van der Waals surface area contributed by atoms with Crippen molar-refractivity contribution in [3.8, 4) is 6.57 Å². The second-order valence-corrected chi connectivity index (χ2v) is 0.115. The van der Waals surface area contributed by atoms with Crippen LogP contribution in [-0.4, -0.2) is 17.7 Å². The van der Waals surface area contributed by atoms with E-state index in [-0.39, 0.29) is 7.69 Å². The van der Waals surface area contributed by atoms with E-state index in [0.29, 0.717) is 0 Å². The molecule has 27 valence electrons. The SMILES string of the molecule is C#N.O[B]O. The Hall–Kier alpha value is -0.525. The molecule has 0 aliphatic carbocycles. The minimum Gasteiger partial charge on any atom is -0.429 e. The van der Waals surface area contributed by atoms with Crippen LogP contribution >= 0.6 is 0 Å². The normalized spacial score (nSPS) is 3.20. The number of nitrogens with zero attached hydrogens (tertiary/aromatic N) is 1. The maximum Gasteiger partial charge on any atom is 0.482 e. The van der Waals surface area contributed by atoms with Crippen LogP contribution in [0.15, 0.2) is 0 Å². The van der Waals surface area contributed by atoms with Gasteiger partial charge in [0, 0.05) is 6.57 Å². The summed E-state index contributed by atoms with van der Waals surface area (Å²) in [5, 5.41) is 20.5. The van der Waals surface area contributed by atoms with Gasteiger partial charge in [-0.2, -0.15) is 0 Å². The molecule has 0 aromatic carbocycles. The van der Waals surface area contributed by atoms with E-state index in [2.05, 4.69) is 6.57 Å². The number of hydrogen-bond acceptors (Lipinski definition) is 3. The van der Waals surface area contributed by atoms with Gasteiger partial charge in [0.2, 0.25) is 0 Å². The van der Waals surface area contributed by atoms with Crippen LogP contribution in [0, 0.1) is 11.8 Å². The minimum atomic E-state index is 0. The maximum absolute atomic E-state index is 7.00. The average Bonchev–Trinajstić information content (AvgIpc) is 1.46. The zero-order chi connectivity index (χ0) is 4.71. The van der Waals surface area contributed by atoms with Crippen LogP contribution in [0.3, 0.4) is 0 Å². The third-order valence-corrected chi connectivity index (χ3v) is 0. The third kappa shape index (κ3) is 27.4. The molecule has 3 nitrogen and oxygen atoms in total. The molecule has 0 saturated heterocycles. The Labute approximate surface area is 30.8 Å². The van der Waals surface area contributed by atoms with Crippen LogP contribution in [0.25, 0.3) is 0 Å². The van der Waals surface area contributed by atoms with E-state index in [1.165, 1.54) is 0 Å². The molecule has 0 spiro atoms. The lowest BCUT2D eigenvalue weighted by molar-refractivity contribution is 0.448. The van der Waals surface area contributed by atoms with Crippen molar-refractivity contribution in [1.82, 2.24) is 0 Å². The molecule has 0 saturated carbocycles. The highest BCUT2D eigenvalue weighted by atomic mass is 16.4. The second-order valence-electron chi connectivity index (χ2n) is 0.115. The van der Waals surface area contributed by atoms with Gasteiger partial charge in [0.25, 0.3) is 0 Å².